The molecule has 26 heavy (non-hydrogen) atoms. The van der Waals surface area contributed by atoms with Crippen LogP contribution in [-0.4, -0.2) is 31.2 Å². The molecule has 2 aromatic rings. The van der Waals surface area contributed by atoms with Gasteiger partial charge in [0.2, 0.25) is 24.3 Å². The molecule has 3 heterocycles. The molecule has 2 aliphatic rings. The molecule has 4 rings (SSSR count). The van der Waals surface area contributed by atoms with Crippen LogP contribution in [0.25, 0.3) is 0 Å². The molecule has 1 aromatic heterocycles. The molecular weight excluding hydrogens is 340 g/mol. The van der Waals surface area contributed by atoms with Crippen molar-refractivity contribution >= 4 is 0 Å². The van der Waals surface area contributed by atoms with E-state index in [0.717, 1.165) is 5.56 Å². The van der Waals surface area contributed by atoms with Gasteiger partial charge in [-0.15, -0.1) is 5.10 Å². The van der Waals surface area contributed by atoms with Gasteiger partial charge in [0, 0.05) is 7.11 Å². The van der Waals surface area contributed by atoms with Crippen LogP contribution in [0, 0.1) is 11.3 Å². The van der Waals surface area contributed by atoms with Gasteiger partial charge >= 0.3 is 0 Å². The number of nitriles is 1. The van der Waals surface area contributed by atoms with E-state index >= 15 is 0 Å². The first-order valence-corrected chi connectivity index (χ1v) is 7.79. The second-order valence-electron chi connectivity index (χ2n) is 5.74. The molecule has 0 spiro atoms. The number of ether oxygens (including phenoxy) is 5. The maximum Gasteiger partial charge on any atom is 0.244 e. The van der Waals surface area contributed by atoms with Crippen molar-refractivity contribution in [2.24, 2.45) is 5.73 Å². The van der Waals surface area contributed by atoms with E-state index in [4.69, 9.17) is 29.4 Å². The van der Waals surface area contributed by atoms with Crippen molar-refractivity contribution in [2.45, 2.75) is 12.5 Å². The summed E-state index contributed by atoms with van der Waals surface area (Å²) in [4.78, 5) is 0. The van der Waals surface area contributed by atoms with Gasteiger partial charge in [-0.3, -0.25) is 5.10 Å². The molecule has 9 heteroatoms. The van der Waals surface area contributed by atoms with Crippen LogP contribution in [0.2, 0.25) is 0 Å². The molecule has 2 aliphatic heterocycles. The van der Waals surface area contributed by atoms with Crippen LogP contribution in [0.15, 0.2) is 23.6 Å². The fraction of sp³-hybridized carbons (Fsp3) is 0.294. The Kier molecular flexibility index (Phi) is 3.82. The van der Waals surface area contributed by atoms with Gasteiger partial charge in [-0.05, 0) is 17.7 Å². The van der Waals surface area contributed by atoms with Gasteiger partial charge < -0.3 is 29.4 Å². The van der Waals surface area contributed by atoms with Crippen molar-refractivity contribution in [3.8, 4) is 29.2 Å². The Hall–Kier alpha value is -3.38. The van der Waals surface area contributed by atoms with E-state index in [2.05, 4.69) is 16.3 Å². The van der Waals surface area contributed by atoms with Crippen molar-refractivity contribution in [2.75, 3.05) is 21.0 Å². The summed E-state index contributed by atoms with van der Waals surface area (Å²) in [6.45, 7) is 0.389. The molecule has 1 unspecified atom stereocenters. The normalized spacial score (nSPS) is 17.5. The molecule has 3 N–H and O–H groups in total. The van der Waals surface area contributed by atoms with Gasteiger partial charge in [-0.25, -0.2) is 0 Å². The molecule has 0 saturated carbocycles. The number of nitrogens with two attached hydrogens (primary N) is 1. The largest absolute Gasteiger partial charge is 0.493 e. The summed E-state index contributed by atoms with van der Waals surface area (Å²) in [7, 11) is 3.12. The second-order valence-corrected chi connectivity index (χ2v) is 5.74. The fourth-order valence-electron chi connectivity index (χ4n) is 3.21. The zero-order valence-electron chi connectivity index (χ0n) is 14.2. The van der Waals surface area contributed by atoms with Gasteiger partial charge in [0.15, 0.2) is 11.5 Å². The predicted molar refractivity (Wildman–Crippen MR) is 87.7 cm³/mol. The van der Waals surface area contributed by atoms with Crippen molar-refractivity contribution < 1.29 is 23.7 Å². The van der Waals surface area contributed by atoms with E-state index in [1.54, 1.807) is 26.4 Å². The van der Waals surface area contributed by atoms with Gasteiger partial charge in [-0.2, -0.15) is 5.26 Å². The third-order valence-electron chi connectivity index (χ3n) is 4.32. The van der Waals surface area contributed by atoms with Crippen molar-refractivity contribution in [3.05, 3.63) is 40.4 Å². The number of aromatic amines is 1. The number of aromatic nitrogens is 2. The standard InChI is InChI=1S/C17H16N4O5/c1-22-6-10-14-13(9(5-18)16(19)26-17(14)21-20-10)8-3-11(23-2)15-12(4-8)24-7-25-15/h3-4,13H,6-7,19H2,1-2H3,(H,20,21). The van der Waals surface area contributed by atoms with E-state index in [9.17, 15) is 5.26 Å². The summed E-state index contributed by atoms with van der Waals surface area (Å²) in [6, 6.07) is 5.74. The average molecular weight is 356 g/mol. The Labute approximate surface area is 148 Å². The van der Waals surface area contributed by atoms with E-state index < -0.39 is 5.92 Å². The topological polar surface area (TPSA) is 125 Å². The lowest BCUT2D eigenvalue weighted by Crippen LogP contribution is -2.21. The fourth-order valence-corrected chi connectivity index (χ4v) is 3.21. The SMILES string of the molecule is COCc1[nH]nc2c1C(c1cc(OC)c3c(c1)OCO3)C(C#N)=C(N)O2. The number of H-pyrrole nitrogens is 1. The van der Waals surface area contributed by atoms with Crippen LogP contribution >= 0.6 is 0 Å². The quantitative estimate of drug-likeness (QED) is 0.844. The highest BCUT2D eigenvalue weighted by Gasteiger charge is 2.36. The van der Waals surface area contributed by atoms with Gasteiger partial charge in [0.1, 0.15) is 11.6 Å². The third-order valence-corrected chi connectivity index (χ3v) is 4.32. The van der Waals surface area contributed by atoms with E-state index in [1.165, 1.54) is 0 Å². The lowest BCUT2D eigenvalue weighted by atomic mass is 9.83. The zero-order chi connectivity index (χ0) is 18.3. The molecule has 0 fully saturated rings. The zero-order valence-corrected chi connectivity index (χ0v) is 14.2. The first kappa shape index (κ1) is 16.1. The summed E-state index contributed by atoms with van der Waals surface area (Å²) >= 11 is 0. The predicted octanol–water partition coefficient (Wildman–Crippen LogP) is 1.51. The van der Waals surface area contributed by atoms with Crippen LogP contribution in [0.5, 0.6) is 23.1 Å². The molecule has 0 amide bonds. The minimum Gasteiger partial charge on any atom is -0.493 e. The van der Waals surface area contributed by atoms with Crippen molar-refractivity contribution in [1.82, 2.24) is 10.2 Å². The molecule has 1 atom stereocenters. The summed E-state index contributed by atoms with van der Waals surface area (Å²) in [5.74, 6) is 1.40. The van der Waals surface area contributed by atoms with Crippen molar-refractivity contribution in [1.29, 1.82) is 5.26 Å². The second kappa shape index (κ2) is 6.16. The number of nitrogens with one attached hydrogen (secondary N) is 1. The molecular formula is C17H16N4O5. The average Bonchev–Trinajstić information content (AvgIpc) is 3.27. The molecule has 1 aromatic carbocycles. The number of hydrogen-bond acceptors (Lipinski definition) is 8. The number of rotatable bonds is 4. The first-order valence-electron chi connectivity index (χ1n) is 7.79. The third kappa shape index (κ3) is 2.31. The number of hydrogen-bond donors (Lipinski definition) is 2. The lowest BCUT2D eigenvalue weighted by molar-refractivity contribution is 0.171. The number of fused-ring (bicyclic) bond motifs is 2. The number of methoxy groups -OCH3 is 2. The lowest BCUT2D eigenvalue weighted by Gasteiger charge is -2.24. The van der Waals surface area contributed by atoms with E-state index in [-0.39, 0.29) is 24.9 Å². The van der Waals surface area contributed by atoms with Crippen LogP contribution in [0.3, 0.4) is 0 Å². The number of benzene rings is 1. The van der Waals surface area contributed by atoms with Gasteiger partial charge in [0.25, 0.3) is 0 Å². The summed E-state index contributed by atoms with van der Waals surface area (Å²) in [5.41, 5.74) is 8.37. The smallest absolute Gasteiger partial charge is 0.244 e. The Morgan fingerprint density at radius 2 is 2.23 bits per heavy atom. The summed E-state index contributed by atoms with van der Waals surface area (Å²) < 4.78 is 27.1. The molecule has 0 saturated heterocycles. The van der Waals surface area contributed by atoms with Crippen LogP contribution in [0.1, 0.15) is 22.7 Å². The highest BCUT2D eigenvalue weighted by atomic mass is 16.7. The number of nitrogens with zero attached hydrogens (tertiary/aromatic N) is 2. The highest BCUT2D eigenvalue weighted by molar-refractivity contribution is 5.61. The monoisotopic (exact) mass is 356 g/mol. The van der Waals surface area contributed by atoms with E-state index in [0.29, 0.717) is 34.4 Å². The minimum atomic E-state index is -0.504. The van der Waals surface area contributed by atoms with Crippen LogP contribution in [-0.2, 0) is 11.3 Å². The molecule has 134 valence electrons. The van der Waals surface area contributed by atoms with Crippen LogP contribution < -0.4 is 24.7 Å². The van der Waals surface area contributed by atoms with Gasteiger partial charge in [0.05, 0.1) is 30.9 Å². The summed E-state index contributed by atoms with van der Waals surface area (Å²) in [6.07, 6.45) is 0. The molecule has 0 aliphatic carbocycles. The Morgan fingerprint density at radius 1 is 1.38 bits per heavy atom. The molecule has 0 bridgehead atoms. The number of allylic oxidation sites excluding steroid dienone is 1. The maximum atomic E-state index is 9.68. The van der Waals surface area contributed by atoms with Crippen molar-refractivity contribution in [3.63, 3.8) is 0 Å². The first-order chi connectivity index (χ1) is 12.7. The maximum absolute atomic E-state index is 9.68. The molecule has 0 radical (unpaired) electrons. The van der Waals surface area contributed by atoms with Gasteiger partial charge in [-0.1, -0.05) is 0 Å². The Balaban J connectivity index is 1.93. The Bertz CT molecular complexity index is 943. The minimum absolute atomic E-state index is 0.0112. The molecule has 9 nitrogen and oxygen atoms in total. The van der Waals surface area contributed by atoms with E-state index in [1.807, 2.05) is 0 Å². The van der Waals surface area contributed by atoms with Crippen LogP contribution in [0.4, 0.5) is 0 Å². The Morgan fingerprint density at radius 3 is 2.96 bits per heavy atom. The highest BCUT2D eigenvalue weighted by Crippen LogP contribution is 2.48. The summed E-state index contributed by atoms with van der Waals surface area (Å²) in [5, 5.41) is 16.7.